The zero-order valence-corrected chi connectivity index (χ0v) is 20.0. The van der Waals surface area contributed by atoms with E-state index in [4.69, 9.17) is 0 Å². The molecule has 1 saturated heterocycles. The van der Waals surface area contributed by atoms with Gasteiger partial charge in [-0.3, -0.25) is 24.1 Å². The van der Waals surface area contributed by atoms with Crippen LogP contribution in [0.1, 0.15) is 50.2 Å². The number of aromatic hydroxyl groups is 1. The highest BCUT2D eigenvalue weighted by Crippen LogP contribution is 2.56. The molecule has 0 radical (unpaired) electrons. The first-order chi connectivity index (χ1) is 16.8. The van der Waals surface area contributed by atoms with Crippen molar-refractivity contribution in [3.05, 3.63) is 76.4 Å². The van der Waals surface area contributed by atoms with Crippen LogP contribution in [0.5, 0.6) is 5.75 Å². The molecule has 2 amide bonds. The summed E-state index contributed by atoms with van der Waals surface area (Å²) in [5.74, 6) is -2.72. The van der Waals surface area contributed by atoms with E-state index in [1.54, 1.807) is 25.1 Å². The van der Waals surface area contributed by atoms with Gasteiger partial charge in [-0.25, -0.2) is 0 Å². The van der Waals surface area contributed by atoms with Crippen molar-refractivity contribution in [1.29, 1.82) is 0 Å². The number of phenolic OH excluding ortho intramolecular Hbond substituents is 1. The van der Waals surface area contributed by atoms with Gasteiger partial charge in [0.05, 0.1) is 11.8 Å². The molecular formula is C29H29NO5. The Hall–Kier alpha value is -3.54. The number of rotatable bonds is 5. The SMILES string of the molecule is C=CCc1cccc([C@H]2C3=CC[C@@H]4C(=O)N(CCC)C(=O)[C@@H]4[C@@H]3CC3=C2C(=O)C=C(C)C3=O)c1O. The number of allylic oxidation sites excluding steroid dienone is 7. The highest BCUT2D eigenvalue weighted by atomic mass is 16.3. The number of hydrogen-bond donors (Lipinski definition) is 1. The number of nitrogens with zero attached hydrogens (tertiary/aromatic N) is 1. The van der Waals surface area contributed by atoms with E-state index in [2.05, 4.69) is 6.58 Å². The Kier molecular flexibility index (Phi) is 5.70. The lowest BCUT2D eigenvalue weighted by Gasteiger charge is -2.42. The first kappa shape index (κ1) is 23.2. The Labute approximate surface area is 204 Å². The van der Waals surface area contributed by atoms with E-state index in [1.165, 1.54) is 11.0 Å². The standard InChI is InChI=1S/C29H29NO5/c1-4-7-16-8-6-9-18(27(16)33)23-17-10-11-19-24(29(35)30(12-5-2)28(19)34)20(17)14-21-25(23)22(31)13-15(3)26(21)32/h4,6,8-10,13,19-20,23-24,33H,1,5,7,11-12,14H2,2-3H3/t19-,20+,23+,24-/m0/s1. The van der Waals surface area contributed by atoms with Crippen molar-refractivity contribution in [2.45, 2.75) is 45.4 Å². The largest absolute Gasteiger partial charge is 0.507 e. The maximum Gasteiger partial charge on any atom is 0.233 e. The molecule has 3 aliphatic carbocycles. The van der Waals surface area contributed by atoms with Gasteiger partial charge in [0.1, 0.15) is 5.75 Å². The Morgan fingerprint density at radius 3 is 2.63 bits per heavy atom. The number of ketones is 2. The number of para-hydroxylation sites is 1. The Morgan fingerprint density at radius 2 is 1.91 bits per heavy atom. The van der Waals surface area contributed by atoms with Crippen LogP contribution in [0.4, 0.5) is 0 Å². The molecule has 1 N–H and O–H groups in total. The van der Waals surface area contributed by atoms with Crippen molar-refractivity contribution in [2.75, 3.05) is 6.54 Å². The number of amides is 2. The lowest BCUT2D eigenvalue weighted by atomic mass is 9.59. The van der Waals surface area contributed by atoms with Crippen molar-refractivity contribution in [3.63, 3.8) is 0 Å². The molecule has 6 heteroatoms. The highest BCUT2D eigenvalue weighted by molar-refractivity contribution is 6.23. The van der Waals surface area contributed by atoms with Crippen LogP contribution in [0.3, 0.4) is 0 Å². The second-order valence-corrected chi connectivity index (χ2v) is 9.90. The summed E-state index contributed by atoms with van der Waals surface area (Å²) >= 11 is 0. The lowest BCUT2D eigenvalue weighted by Crippen LogP contribution is -2.39. The average molecular weight is 472 g/mol. The number of benzene rings is 1. The summed E-state index contributed by atoms with van der Waals surface area (Å²) in [6.45, 7) is 7.70. The van der Waals surface area contributed by atoms with E-state index in [0.29, 0.717) is 53.7 Å². The van der Waals surface area contributed by atoms with Crippen LogP contribution >= 0.6 is 0 Å². The highest BCUT2D eigenvalue weighted by Gasteiger charge is 2.56. The molecule has 0 aromatic heterocycles. The van der Waals surface area contributed by atoms with Gasteiger partial charge in [-0.1, -0.05) is 42.8 Å². The minimum Gasteiger partial charge on any atom is -0.507 e. The van der Waals surface area contributed by atoms with Crippen LogP contribution in [-0.4, -0.2) is 39.9 Å². The van der Waals surface area contributed by atoms with Gasteiger partial charge in [-0.2, -0.15) is 0 Å². The van der Waals surface area contributed by atoms with Gasteiger partial charge in [0.2, 0.25) is 11.8 Å². The minimum absolute atomic E-state index is 0.0703. The molecule has 4 aliphatic rings. The van der Waals surface area contributed by atoms with E-state index >= 15 is 0 Å². The summed E-state index contributed by atoms with van der Waals surface area (Å²) in [5.41, 5.74) is 3.24. The van der Waals surface area contributed by atoms with E-state index in [9.17, 15) is 24.3 Å². The van der Waals surface area contributed by atoms with Crippen LogP contribution in [0, 0.1) is 17.8 Å². The van der Waals surface area contributed by atoms with E-state index in [-0.39, 0.29) is 41.5 Å². The summed E-state index contributed by atoms with van der Waals surface area (Å²) < 4.78 is 0. The smallest absolute Gasteiger partial charge is 0.233 e. The van der Waals surface area contributed by atoms with Gasteiger partial charge in [0, 0.05) is 34.7 Å². The molecule has 4 atom stereocenters. The molecule has 1 aliphatic heterocycles. The van der Waals surface area contributed by atoms with Gasteiger partial charge in [-0.05, 0) is 50.2 Å². The third-order valence-electron chi connectivity index (χ3n) is 7.93. The molecular weight excluding hydrogens is 442 g/mol. The number of hydrogen-bond acceptors (Lipinski definition) is 5. The second kappa shape index (κ2) is 8.59. The first-order valence-corrected chi connectivity index (χ1v) is 12.3. The summed E-state index contributed by atoms with van der Waals surface area (Å²) in [6, 6.07) is 5.41. The first-order valence-electron chi connectivity index (χ1n) is 12.3. The number of imide groups is 1. The van der Waals surface area contributed by atoms with Gasteiger partial charge >= 0.3 is 0 Å². The molecule has 1 heterocycles. The molecule has 0 saturated carbocycles. The summed E-state index contributed by atoms with van der Waals surface area (Å²) in [7, 11) is 0. The van der Waals surface area contributed by atoms with Crippen LogP contribution in [-0.2, 0) is 25.6 Å². The normalized spacial score (nSPS) is 27.9. The topological polar surface area (TPSA) is 91.8 Å². The molecule has 180 valence electrons. The average Bonchev–Trinajstić information content (AvgIpc) is 3.08. The molecule has 5 rings (SSSR count). The van der Waals surface area contributed by atoms with Crippen molar-refractivity contribution >= 4 is 23.4 Å². The van der Waals surface area contributed by atoms with Gasteiger partial charge in [0.25, 0.3) is 0 Å². The van der Waals surface area contributed by atoms with Crippen molar-refractivity contribution < 1.29 is 24.3 Å². The molecule has 0 unspecified atom stereocenters. The van der Waals surface area contributed by atoms with Gasteiger partial charge in [-0.15, -0.1) is 6.58 Å². The fourth-order valence-corrected chi connectivity index (χ4v) is 6.41. The summed E-state index contributed by atoms with van der Waals surface area (Å²) in [6.07, 6.45) is 6.84. The third kappa shape index (κ3) is 3.38. The Bertz CT molecular complexity index is 1280. The van der Waals surface area contributed by atoms with Gasteiger partial charge in [0.15, 0.2) is 11.6 Å². The molecule has 0 bridgehead atoms. The minimum atomic E-state index is -0.640. The Morgan fingerprint density at radius 1 is 1.14 bits per heavy atom. The van der Waals surface area contributed by atoms with E-state index < -0.39 is 17.8 Å². The summed E-state index contributed by atoms with van der Waals surface area (Å²) in [4.78, 5) is 54.5. The monoisotopic (exact) mass is 471 g/mol. The van der Waals surface area contributed by atoms with Gasteiger partial charge < -0.3 is 5.11 Å². The maximum atomic E-state index is 13.5. The zero-order chi connectivity index (χ0) is 25.0. The van der Waals surface area contributed by atoms with Crippen molar-refractivity contribution in [1.82, 2.24) is 4.90 Å². The molecule has 0 spiro atoms. The van der Waals surface area contributed by atoms with Crippen LogP contribution in [0.2, 0.25) is 0 Å². The molecule has 1 fully saturated rings. The molecule has 35 heavy (non-hydrogen) atoms. The lowest BCUT2D eigenvalue weighted by molar-refractivity contribution is -0.140. The second-order valence-electron chi connectivity index (χ2n) is 9.90. The molecule has 6 nitrogen and oxygen atoms in total. The maximum absolute atomic E-state index is 13.5. The van der Waals surface area contributed by atoms with Crippen LogP contribution < -0.4 is 0 Å². The number of carbonyl (C=O) groups is 4. The third-order valence-corrected chi connectivity index (χ3v) is 7.93. The molecule has 1 aromatic carbocycles. The van der Waals surface area contributed by atoms with Crippen molar-refractivity contribution in [3.8, 4) is 5.75 Å². The fourth-order valence-electron chi connectivity index (χ4n) is 6.41. The zero-order valence-electron chi connectivity index (χ0n) is 20.0. The van der Waals surface area contributed by atoms with Crippen molar-refractivity contribution in [2.24, 2.45) is 17.8 Å². The number of fused-ring (bicyclic) bond motifs is 3. The number of Topliss-reactive ketones (excluding diaryl/α,β-unsaturated/α-hetero) is 1. The summed E-state index contributed by atoms with van der Waals surface area (Å²) in [5, 5.41) is 11.2. The Balaban J connectivity index is 1.70. The predicted octanol–water partition coefficient (Wildman–Crippen LogP) is 3.96. The number of carbonyl (C=O) groups excluding carboxylic acids is 4. The van der Waals surface area contributed by atoms with E-state index in [1.807, 2.05) is 19.1 Å². The quantitative estimate of drug-likeness (QED) is 0.399. The number of likely N-dealkylation sites (tertiary alicyclic amines) is 1. The van der Waals surface area contributed by atoms with Crippen LogP contribution in [0.15, 0.2) is 65.3 Å². The molecule has 1 aromatic rings. The fraction of sp³-hybridized carbons (Fsp3) is 0.379. The predicted molar refractivity (Wildman–Crippen MR) is 130 cm³/mol. The van der Waals surface area contributed by atoms with Crippen LogP contribution in [0.25, 0.3) is 0 Å². The number of phenols is 1. The van der Waals surface area contributed by atoms with E-state index in [0.717, 1.165) is 5.57 Å².